The first-order valence-corrected chi connectivity index (χ1v) is 6.21. The maximum Gasteiger partial charge on any atom is 0.221 e. The zero-order chi connectivity index (χ0) is 13.1. The summed E-state index contributed by atoms with van der Waals surface area (Å²) in [5, 5.41) is 0. The summed E-state index contributed by atoms with van der Waals surface area (Å²) in [4.78, 5) is 21.8. The predicted octanol–water partition coefficient (Wildman–Crippen LogP) is 1.82. The summed E-state index contributed by atoms with van der Waals surface area (Å²) in [7, 11) is 0. The lowest BCUT2D eigenvalue weighted by molar-refractivity contribution is -0.133. The summed E-state index contributed by atoms with van der Waals surface area (Å²) in [6.07, 6.45) is 3.36. The summed E-state index contributed by atoms with van der Waals surface area (Å²) in [5.41, 5.74) is 10.3. The molecule has 0 heterocycles. The Kier molecular flexibility index (Phi) is 11.3. The predicted molar refractivity (Wildman–Crippen MR) is 66.5 cm³/mol. The van der Waals surface area contributed by atoms with E-state index >= 15 is 0 Å². The number of carbonyl (C=O) groups excluding carboxylic acids is 2. The van der Waals surface area contributed by atoms with Crippen molar-refractivity contribution in [3.05, 3.63) is 0 Å². The molecule has 1 fully saturated rings. The molecule has 1 rings (SSSR count). The van der Waals surface area contributed by atoms with Crippen LogP contribution in [0.15, 0.2) is 0 Å². The van der Waals surface area contributed by atoms with Crippen molar-refractivity contribution in [3.8, 4) is 0 Å². The third-order valence-corrected chi connectivity index (χ3v) is 2.50. The van der Waals surface area contributed by atoms with E-state index in [2.05, 4.69) is 0 Å². The minimum absolute atomic E-state index is 0.323. The third kappa shape index (κ3) is 5.73. The largest absolute Gasteiger partial charge is 0.369 e. The highest BCUT2D eigenvalue weighted by Gasteiger charge is 2.32. The van der Waals surface area contributed by atoms with Crippen LogP contribution in [0.5, 0.6) is 0 Å². The van der Waals surface area contributed by atoms with E-state index in [0.717, 1.165) is 12.8 Å². The Morgan fingerprint density at radius 2 is 1.06 bits per heavy atom. The number of rotatable bonds is 2. The van der Waals surface area contributed by atoms with Gasteiger partial charge in [0.15, 0.2) is 0 Å². The molecule has 0 aromatic carbocycles. The average Bonchev–Trinajstić information content (AvgIpc) is 2.34. The van der Waals surface area contributed by atoms with Gasteiger partial charge in [-0.1, -0.05) is 40.5 Å². The SMILES string of the molecule is CC.CC.NC(=O)C1CCCC[C@@H]1C(N)=O. The second kappa shape index (κ2) is 10.5. The number of hydrogen-bond donors (Lipinski definition) is 2. The summed E-state index contributed by atoms with van der Waals surface area (Å²) in [6, 6.07) is 0. The molecule has 16 heavy (non-hydrogen) atoms. The van der Waals surface area contributed by atoms with Crippen molar-refractivity contribution < 1.29 is 9.59 Å². The highest BCUT2D eigenvalue weighted by Crippen LogP contribution is 2.29. The minimum Gasteiger partial charge on any atom is -0.369 e. The summed E-state index contributed by atoms with van der Waals surface area (Å²) in [5.74, 6) is -1.43. The summed E-state index contributed by atoms with van der Waals surface area (Å²) in [6.45, 7) is 8.00. The van der Waals surface area contributed by atoms with Gasteiger partial charge in [-0.15, -0.1) is 0 Å². The third-order valence-electron chi connectivity index (χ3n) is 2.50. The Morgan fingerprint density at radius 3 is 1.25 bits per heavy atom. The normalized spacial score (nSPS) is 23.0. The number of amides is 2. The molecule has 2 atom stereocenters. The van der Waals surface area contributed by atoms with E-state index in [9.17, 15) is 9.59 Å². The quantitative estimate of drug-likeness (QED) is 0.758. The van der Waals surface area contributed by atoms with Crippen LogP contribution in [-0.4, -0.2) is 11.8 Å². The second-order valence-electron chi connectivity index (χ2n) is 3.30. The van der Waals surface area contributed by atoms with Crippen LogP contribution < -0.4 is 11.5 Å². The van der Waals surface area contributed by atoms with Crippen LogP contribution in [0.3, 0.4) is 0 Å². The van der Waals surface area contributed by atoms with E-state index in [1.165, 1.54) is 0 Å². The molecule has 1 aliphatic carbocycles. The molecule has 1 unspecified atom stereocenters. The molecular formula is C12H26N2O2. The van der Waals surface area contributed by atoms with Crippen LogP contribution in [0.25, 0.3) is 0 Å². The van der Waals surface area contributed by atoms with Crippen LogP contribution in [-0.2, 0) is 9.59 Å². The van der Waals surface area contributed by atoms with Crippen LogP contribution in [0.1, 0.15) is 53.4 Å². The Hall–Kier alpha value is -1.06. The van der Waals surface area contributed by atoms with Gasteiger partial charge in [0.1, 0.15) is 0 Å². The fraction of sp³-hybridized carbons (Fsp3) is 0.833. The average molecular weight is 230 g/mol. The molecular weight excluding hydrogens is 204 g/mol. The topological polar surface area (TPSA) is 86.2 Å². The van der Waals surface area contributed by atoms with E-state index in [0.29, 0.717) is 12.8 Å². The van der Waals surface area contributed by atoms with Crippen molar-refractivity contribution in [2.75, 3.05) is 0 Å². The Bertz CT molecular complexity index is 183. The van der Waals surface area contributed by atoms with Crippen LogP contribution in [0.4, 0.5) is 0 Å². The van der Waals surface area contributed by atoms with Crippen LogP contribution >= 0.6 is 0 Å². The Morgan fingerprint density at radius 1 is 0.812 bits per heavy atom. The zero-order valence-corrected chi connectivity index (χ0v) is 11.0. The van der Waals surface area contributed by atoms with Crippen molar-refractivity contribution in [1.82, 2.24) is 0 Å². The molecule has 0 aliphatic heterocycles. The molecule has 0 aromatic rings. The molecule has 4 nitrogen and oxygen atoms in total. The summed E-state index contributed by atoms with van der Waals surface area (Å²) >= 11 is 0. The van der Waals surface area contributed by atoms with Gasteiger partial charge in [-0.2, -0.15) is 0 Å². The Balaban J connectivity index is 0. The fourth-order valence-electron chi connectivity index (χ4n) is 1.81. The molecule has 0 bridgehead atoms. The standard InChI is InChI=1S/C8H14N2O2.2C2H6/c9-7(11)5-3-1-2-4-6(5)8(10)12;2*1-2/h5-6H,1-4H2,(H2,9,11)(H2,10,12);2*1-2H3/t5-,6?;;/m0../s1. The second-order valence-corrected chi connectivity index (χ2v) is 3.30. The molecule has 4 heteroatoms. The van der Waals surface area contributed by atoms with Gasteiger partial charge >= 0.3 is 0 Å². The van der Waals surface area contributed by atoms with Crippen molar-refractivity contribution in [1.29, 1.82) is 0 Å². The maximum absolute atomic E-state index is 10.9. The monoisotopic (exact) mass is 230 g/mol. The molecule has 0 saturated heterocycles. The molecule has 96 valence electrons. The Labute approximate surface area is 98.8 Å². The lowest BCUT2D eigenvalue weighted by atomic mass is 9.78. The highest BCUT2D eigenvalue weighted by molar-refractivity contribution is 5.86. The minimum atomic E-state index is -0.390. The summed E-state index contributed by atoms with van der Waals surface area (Å²) < 4.78 is 0. The van der Waals surface area contributed by atoms with Crippen LogP contribution in [0.2, 0.25) is 0 Å². The number of carbonyl (C=O) groups is 2. The van der Waals surface area contributed by atoms with E-state index < -0.39 is 11.8 Å². The van der Waals surface area contributed by atoms with Crippen molar-refractivity contribution in [3.63, 3.8) is 0 Å². The molecule has 2 amide bonds. The lowest BCUT2D eigenvalue weighted by Gasteiger charge is -2.26. The first-order valence-electron chi connectivity index (χ1n) is 6.21. The van der Waals surface area contributed by atoms with Gasteiger partial charge in [0.25, 0.3) is 0 Å². The van der Waals surface area contributed by atoms with Gasteiger partial charge in [0.05, 0.1) is 0 Å². The van der Waals surface area contributed by atoms with E-state index in [-0.39, 0.29) is 11.8 Å². The van der Waals surface area contributed by atoms with Gasteiger partial charge in [0, 0.05) is 11.8 Å². The fourth-order valence-corrected chi connectivity index (χ4v) is 1.81. The maximum atomic E-state index is 10.9. The smallest absolute Gasteiger partial charge is 0.221 e. The van der Waals surface area contributed by atoms with E-state index in [1.54, 1.807) is 0 Å². The number of nitrogens with two attached hydrogens (primary N) is 2. The van der Waals surface area contributed by atoms with Gasteiger partial charge < -0.3 is 11.5 Å². The molecule has 0 spiro atoms. The molecule has 0 aromatic heterocycles. The van der Waals surface area contributed by atoms with E-state index in [1.807, 2.05) is 27.7 Å². The van der Waals surface area contributed by atoms with Gasteiger partial charge in [-0.25, -0.2) is 0 Å². The molecule has 1 saturated carbocycles. The van der Waals surface area contributed by atoms with Gasteiger partial charge in [-0.3, -0.25) is 9.59 Å². The molecule has 1 aliphatic rings. The highest BCUT2D eigenvalue weighted by atomic mass is 16.2. The van der Waals surface area contributed by atoms with Crippen molar-refractivity contribution >= 4 is 11.8 Å². The van der Waals surface area contributed by atoms with Crippen molar-refractivity contribution in [2.24, 2.45) is 23.3 Å². The van der Waals surface area contributed by atoms with E-state index in [4.69, 9.17) is 11.5 Å². The first-order chi connectivity index (χ1) is 7.63. The molecule has 0 radical (unpaired) electrons. The van der Waals surface area contributed by atoms with Crippen molar-refractivity contribution in [2.45, 2.75) is 53.4 Å². The lowest BCUT2D eigenvalue weighted by Crippen LogP contribution is -2.39. The van der Waals surface area contributed by atoms with Crippen LogP contribution in [0, 0.1) is 11.8 Å². The number of hydrogen-bond acceptors (Lipinski definition) is 2. The zero-order valence-electron chi connectivity index (χ0n) is 11.0. The molecule has 4 N–H and O–H groups in total. The van der Waals surface area contributed by atoms with Gasteiger partial charge in [0.2, 0.25) is 11.8 Å². The number of primary amides is 2. The van der Waals surface area contributed by atoms with Gasteiger partial charge in [-0.05, 0) is 12.8 Å². The first kappa shape index (κ1) is 17.3.